The molecule has 0 aliphatic heterocycles. The van der Waals surface area contributed by atoms with Crippen LogP contribution in [-0.2, 0) is 0 Å². The lowest BCUT2D eigenvalue weighted by Crippen LogP contribution is -1.84. The maximum Gasteiger partial charge on any atom is 0.137 e. The fourth-order valence-corrected chi connectivity index (χ4v) is 3.22. The fraction of sp³-hybridized carbons (Fsp3) is 0. The number of fused-ring (bicyclic) bond motifs is 2. The fourth-order valence-electron chi connectivity index (χ4n) is 3.22. The Morgan fingerprint density at radius 1 is 0.760 bits per heavy atom. The van der Waals surface area contributed by atoms with Gasteiger partial charge >= 0.3 is 0 Å². The van der Waals surface area contributed by atoms with E-state index in [-0.39, 0.29) is 0 Å². The van der Waals surface area contributed by atoms with Gasteiger partial charge in [-0.1, -0.05) is 36.4 Å². The molecule has 0 amide bonds. The van der Waals surface area contributed by atoms with Crippen LogP contribution in [0.1, 0.15) is 0 Å². The van der Waals surface area contributed by atoms with Crippen molar-refractivity contribution >= 4 is 21.9 Å². The average molecular weight is 319 g/mol. The first-order valence-electron chi connectivity index (χ1n) is 8.11. The van der Waals surface area contributed by atoms with Gasteiger partial charge in [0, 0.05) is 40.5 Å². The van der Waals surface area contributed by atoms with Crippen molar-refractivity contribution in [2.24, 2.45) is 0 Å². The Bertz CT molecular complexity index is 1190. The summed E-state index contributed by atoms with van der Waals surface area (Å²) in [5.74, 6) is 0. The van der Waals surface area contributed by atoms with E-state index in [1.165, 1.54) is 5.56 Å². The maximum absolute atomic E-state index is 4.45. The van der Waals surface area contributed by atoms with Gasteiger partial charge in [-0.25, -0.2) is 9.97 Å². The second-order valence-corrected chi connectivity index (χ2v) is 5.90. The number of nitrogens with one attached hydrogen (secondary N) is 1. The van der Waals surface area contributed by atoms with Gasteiger partial charge in [-0.2, -0.15) is 0 Å². The van der Waals surface area contributed by atoms with Crippen molar-refractivity contribution in [2.75, 3.05) is 0 Å². The predicted molar refractivity (Wildman–Crippen MR) is 99.9 cm³/mol. The van der Waals surface area contributed by atoms with Crippen molar-refractivity contribution in [2.45, 2.75) is 0 Å². The summed E-state index contributed by atoms with van der Waals surface area (Å²) < 4.78 is 0. The molecule has 0 atom stereocenters. The molecule has 1 N–H and O–H groups in total. The minimum Gasteiger partial charge on any atom is -0.345 e. The van der Waals surface area contributed by atoms with Crippen LogP contribution in [0.2, 0.25) is 0 Å². The zero-order chi connectivity index (χ0) is 16.6. The minimum atomic E-state index is 0.822. The summed E-state index contributed by atoms with van der Waals surface area (Å²) in [6, 6.07) is 25.0. The van der Waals surface area contributed by atoms with Gasteiger partial charge in [0.1, 0.15) is 11.2 Å². The lowest BCUT2D eigenvalue weighted by Gasteiger charge is -2.06. The molecule has 0 spiro atoms. The Balaban J connectivity index is 1.76. The normalized spacial score (nSPS) is 10.9. The second kappa shape index (κ2) is 5.47. The van der Waals surface area contributed by atoms with E-state index in [0.717, 1.165) is 38.6 Å². The van der Waals surface area contributed by atoms with E-state index < -0.39 is 0 Å². The Labute approximate surface area is 145 Å². The zero-order valence-electron chi connectivity index (χ0n) is 13.3. The molecule has 3 aromatic heterocycles. The summed E-state index contributed by atoms with van der Waals surface area (Å²) in [5.41, 5.74) is 6.07. The number of hydrogen-bond acceptors (Lipinski definition) is 2. The molecule has 2 aromatic carbocycles. The third-order valence-corrected chi connectivity index (χ3v) is 4.42. The van der Waals surface area contributed by atoms with E-state index in [0.29, 0.717) is 0 Å². The molecule has 5 aromatic rings. The summed E-state index contributed by atoms with van der Waals surface area (Å²) in [5, 5.41) is 2.15. The van der Waals surface area contributed by atoms with Crippen LogP contribution in [0, 0.1) is 12.1 Å². The van der Waals surface area contributed by atoms with Crippen molar-refractivity contribution in [1.82, 2.24) is 15.0 Å². The molecule has 0 radical (unpaired) electrons. The van der Waals surface area contributed by atoms with Crippen LogP contribution in [0.15, 0.2) is 73.2 Å². The van der Waals surface area contributed by atoms with Gasteiger partial charge in [0.05, 0.1) is 0 Å². The Morgan fingerprint density at radius 2 is 1.68 bits per heavy atom. The molecule has 0 saturated heterocycles. The highest BCUT2D eigenvalue weighted by Gasteiger charge is 2.09. The van der Waals surface area contributed by atoms with E-state index in [1.54, 1.807) is 6.20 Å². The van der Waals surface area contributed by atoms with Gasteiger partial charge in [0.2, 0.25) is 0 Å². The number of pyridine rings is 2. The molecule has 0 unspecified atom stereocenters. The van der Waals surface area contributed by atoms with Gasteiger partial charge in [-0.05, 0) is 41.5 Å². The maximum atomic E-state index is 4.45. The second-order valence-electron chi connectivity index (χ2n) is 5.90. The van der Waals surface area contributed by atoms with Crippen LogP contribution in [0.5, 0.6) is 0 Å². The molecule has 116 valence electrons. The monoisotopic (exact) mass is 319 g/mol. The average Bonchev–Trinajstić information content (AvgIpc) is 3.12. The zero-order valence-corrected chi connectivity index (χ0v) is 13.3. The third-order valence-electron chi connectivity index (χ3n) is 4.42. The molecule has 0 saturated carbocycles. The first-order valence-corrected chi connectivity index (χ1v) is 8.11. The van der Waals surface area contributed by atoms with E-state index in [9.17, 15) is 0 Å². The summed E-state index contributed by atoms with van der Waals surface area (Å²) in [4.78, 5) is 12.0. The predicted octanol–water partition coefficient (Wildman–Crippen LogP) is 5.05. The van der Waals surface area contributed by atoms with E-state index in [2.05, 4.69) is 51.4 Å². The van der Waals surface area contributed by atoms with E-state index >= 15 is 0 Å². The standard InChI is InChI=1S/C22H13N3/c1-2-5-15(6-3-1)17-10-12-23-21-9-8-16(13-19(17)21)20-14-25-22-18(20)7-4-11-24-22/h1-7,10-14H,(H,24,25). The number of aromatic amines is 1. The van der Waals surface area contributed by atoms with Crippen molar-refractivity contribution in [3.05, 3.63) is 85.3 Å². The smallest absolute Gasteiger partial charge is 0.137 e. The number of H-pyrrole nitrogens is 1. The molecule has 25 heavy (non-hydrogen) atoms. The SMILES string of the molecule is c1c(-c2c[nH]c3ncccc23)cc2c(-c3ccccc3)ccnc2c#1. The Kier molecular flexibility index (Phi) is 3.01. The topological polar surface area (TPSA) is 41.6 Å². The lowest BCUT2D eigenvalue weighted by atomic mass is 9.99. The van der Waals surface area contributed by atoms with Crippen molar-refractivity contribution < 1.29 is 0 Å². The largest absolute Gasteiger partial charge is 0.345 e. The van der Waals surface area contributed by atoms with E-state index in [4.69, 9.17) is 0 Å². The molecule has 0 bridgehead atoms. The molecule has 0 aliphatic rings. The highest BCUT2D eigenvalue weighted by atomic mass is 14.8. The van der Waals surface area contributed by atoms with E-state index in [1.807, 2.05) is 42.7 Å². The van der Waals surface area contributed by atoms with Crippen molar-refractivity contribution in [1.29, 1.82) is 0 Å². The lowest BCUT2D eigenvalue weighted by molar-refractivity contribution is 1.33. The van der Waals surface area contributed by atoms with Crippen LogP contribution in [0.3, 0.4) is 0 Å². The van der Waals surface area contributed by atoms with Crippen molar-refractivity contribution in [3.63, 3.8) is 0 Å². The van der Waals surface area contributed by atoms with Crippen LogP contribution >= 0.6 is 0 Å². The number of hydrogen-bond donors (Lipinski definition) is 1. The molecule has 3 heterocycles. The molecule has 0 aliphatic carbocycles. The third kappa shape index (κ3) is 2.24. The van der Waals surface area contributed by atoms with Crippen LogP contribution < -0.4 is 0 Å². The summed E-state index contributed by atoms with van der Waals surface area (Å²) in [6.45, 7) is 0. The van der Waals surface area contributed by atoms with Gasteiger partial charge in [-0.3, -0.25) is 0 Å². The highest BCUT2D eigenvalue weighted by molar-refractivity contribution is 5.99. The Hall–Kier alpha value is -3.64. The number of aromatic nitrogens is 3. The number of nitrogens with zero attached hydrogens (tertiary/aromatic N) is 2. The van der Waals surface area contributed by atoms with Gasteiger partial charge < -0.3 is 4.98 Å². The summed E-state index contributed by atoms with van der Waals surface area (Å²) in [6.07, 6.45) is 5.59. The Morgan fingerprint density at radius 3 is 2.60 bits per heavy atom. The van der Waals surface area contributed by atoms with Crippen LogP contribution in [-0.4, -0.2) is 15.0 Å². The first-order chi connectivity index (χ1) is 12.4. The molecule has 3 nitrogen and oxygen atoms in total. The van der Waals surface area contributed by atoms with Gasteiger partial charge in [-0.15, -0.1) is 0 Å². The molecule has 0 fully saturated rings. The quantitative estimate of drug-likeness (QED) is 0.495. The first kappa shape index (κ1) is 13.8. The highest BCUT2D eigenvalue weighted by Crippen LogP contribution is 2.31. The number of rotatable bonds is 2. The molecule has 5 rings (SSSR count). The van der Waals surface area contributed by atoms with Crippen LogP contribution in [0.4, 0.5) is 0 Å². The minimum absolute atomic E-state index is 0.822. The molecular formula is C22H13N3. The number of benzene rings is 1. The van der Waals surface area contributed by atoms with Gasteiger partial charge in [0.25, 0.3) is 0 Å². The molecular weight excluding hydrogens is 306 g/mol. The summed E-state index contributed by atoms with van der Waals surface area (Å²) in [7, 11) is 0. The summed E-state index contributed by atoms with van der Waals surface area (Å²) >= 11 is 0. The molecule has 3 heteroatoms. The van der Waals surface area contributed by atoms with Gasteiger partial charge in [0.15, 0.2) is 0 Å². The van der Waals surface area contributed by atoms with Crippen LogP contribution in [0.25, 0.3) is 44.2 Å². The van der Waals surface area contributed by atoms with Crippen molar-refractivity contribution in [3.8, 4) is 22.3 Å².